The summed E-state index contributed by atoms with van der Waals surface area (Å²) in [6.07, 6.45) is 0. The molecule has 0 aromatic heterocycles. The lowest BCUT2D eigenvalue weighted by Gasteiger charge is -1.92. The Balaban J connectivity index is 0.000000180. The molecule has 0 saturated heterocycles. The molecule has 0 atom stereocenters. The zero-order valence-electron chi connectivity index (χ0n) is 9.54. The van der Waals surface area contributed by atoms with Gasteiger partial charge in [-0.05, 0) is 35.4 Å². The molecule has 0 unspecified atom stereocenters. The summed E-state index contributed by atoms with van der Waals surface area (Å²) >= 11 is 17.9. The number of hydrogen-bond donors (Lipinski definition) is 0. The van der Waals surface area contributed by atoms with Crippen molar-refractivity contribution in [3.8, 4) is 0 Å². The molecule has 0 nitrogen and oxygen atoms in total. The van der Waals surface area contributed by atoms with Crippen LogP contribution in [-0.4, -0.2) is 0 Å². The van der Waals surface area contributed by atoms with Gasteiger partial charge in [-0.1, -0.05) is 67.7 Å². The van der Waals surface area contributed by atoms with Gasteiger partial charge < -0.3 is 0 Å². The first-order valence-electron chi connectivity index (χ1n) is 5.26. The molecule has 0 aliphatic carbocycles. The molecule has 0 heterocycles. The Morgan fingerprint density at radius 3 is 1.78 bits per heavy atom. The molecule has 2 aromatic carbocycles. The van der Waals surface area contributed by atoms with E-state index in [1.54, 1.807) is 0 Å². The minimum Gasteiger partial charge on any atom is -0.122 e. The number of halogens is 4. The van der Waals surface area contributed by atoms with Gasteiger partial charge in [0.2, 0.25) is 0 Å². The summed E-state index contributed by atoms with van der Waals surface area (Å²) in [6.45, 7) is 0. The Morgan fingerprint density at radius 2 is 1.33 bits per heavy atom. The van der Waals surface area contributed by atoms with Gasteiger partial charge in [-0.3, -0.25) is 0 Å². The molecule has 0 amide bonds. The van der Waals surface area contributed by atoms with E-state index in [2.05, 4.69) is 44.0 Å². The van der Waals surface area contributed by atoms with Gasteiger partial charge in [-0.25, -0.2) is 0 Å². The molecule has 2 rings (SSSR count). The van der Waals surface area contributed by atoms with Gasteiger partial charge in [-0.2, -0.15) is 0 Å². The fourth-order valence-corrected chi connectivity index (χ4v) is 2.09. The Bertz CT molecular complexity index is 407. The number of benzene rings is 2. The van der Waals surface area contributed by atoms with Crippen molar-refractivity contribution in [3.05, 3.63) is 69.2 Å². The van der Waals surface area contributed by atoms with Crippen molar-refractivity contribution in [1.29, 1.82) is 0 Å². The average molecular weight is 411 g/mol. The van der Waals surface area contributed by atoms with Crippen LogP contribution < -0.4 is 0 Å². The summed E-state index contributed by atoms with van der Waals surface area (Å²) in [6, 6.07) is 15.7. The van der Waals surface area contributed by atoms with E-state index < -0.39 is 0 Å². The van der Waals surface area contributed by atoms with Crippen LogP contribution >= 0.6 is 55.1 Å². The van der Waals surface area contributed by atoms with Gasteiger partial charge >= 0.3 is 0 Å². The predicted octanol–water partition coefficient (Wildman–Crippen LogP) is 6.42. The number of hydrogen-bond acceptors (Lipinski definition) is 0. The number of rotatable bonds is 2. The zero-order chi connectivity index (χ0) is 13.4. The van der Waals surface area contributed by atoms with Crippen LogP contribution in [0.2, 0.25) is 5.02 Å². The van der Waals surface area contributed by atoms with Gasteiger partial charge in [0.15, 0.2) is 0 Å². The second kappa shape index (κ2) is 8.98. The Labute approximate surface area is 135 Å². The van der Waals surface area contributed by atoms with E-state index in [1.807, 2.05) is 36.4 Å². The summed E-state index contributed by atoms with van der Waals surface area (Å²) in [5.74, 6) is 0.553. The average Bonchev–Trinajstić information content (AvgIpc) is 2.41. The maximum Gasteiger partial charge on any atom is 0.0474 e. The summed E-state index contributed by atoms with van der Waals surface area (Å²) in [5, 5.41) is 1.68. The van der Waals surface area contributed by atoms with Crippen LogP contribution in [0, 0.1) is 0 Å². The van der Waals surface area contributed by atoms with Gasteiger partial charge in [0, 0.05) is 20.7 Å². The maximum atomic E-state index is 5.63. The van der Waals surface area contributed by atoms with E-state index in [-0.39, 0.29) is 0 Å². The van der Waals surface area contributed by atoms with Crippen molar-refractivity contribution < 1.29 is 0 Å². The highest BCUT2D eigenvalue weighted by atomic mass is 79.9. The standard InChI is InChI=1S/C7H6Br2.C7H6Cl2/c2*8-5-6-1-3-7(9)4-2-6/h2*1-4H,5H2. The molecule has 18 heavy (non-hydrogen) atoms. The third-order valence-electron chi connectivity index (χ3n) is 2.14. The van der Waals surface area contributed by atoms with Crippen molar-refractivity contribution in [3.63, 3.8) is 0 Å². The largest absolute Gasteiger partial charge is 0.122 e. The monoisotopic (exact) mass is 408 g/mol. The molecule has 0 spiro atoms. The molecule has 4 heteroatoms. The molecule has 0 bridgehead atoms. The molecular weight excluding hydrogens is 399 g/mol. The van der Waals surface area contributed by atoms with Gasteiger partial charge in [0.25, 0.3) is 0 Å². The molecule has 0 saturated carbocycles. The highest BCUT2D eigenvalue weighted by Crippen LogP contribution is 2.12. The van der Waals surface area contributed by atoms with E-state index in [0.717, 1.165) is 20.4 Å². The van der Waals surface area contributed by atoms with Crippen molar-refractivity contribution in [1.82, 2.24) is 0 Å². The molecule has 0 radical (unpaired) electrons. The molecule has 0 aliphatic heterocycles. The van der Waals surface area contributed by atoms with E-state index in [0.29, 0.717) is 5.88 Å². The lowest BCUT2D eigenvalue weighted by atomic mass is 10.2. The lowest BCUT2D eigenvalue weighted by Crippen LogP contribution is -1.73. The summed E-state index contributed by atoms with van der Waals surface area (Å²) in [4.78, 5) is 0. The first-order chi connectivity index (χ1) is 8.65. The molecule has 0 aliphatic rings. The molecule has 96 valence electrons. The van der Waals surface area contributed by atoms with Crippen molar-refractivity contribution in [2.24, 2.45) is 0 Å². The molecule has 0 fully saturated rings. The molecule has 2 aromatic rings. The minimum atomic E-state index is 0.553. The van der Waals surface area contributed by atoms with Gasteiger partial charge in [-0.15, -0.1) is 11.6 Å². The van der Waals surface area contributed by atoms with E-state index in [4.69, 9.17) is 23.2 Å². The van der Waals surface area contributed by atoms with Crippen LogP contribution in [0.4, 0.5) is 0 Å². The van der Waals surface area contributed by atoms with Gasteiger partial charge in [0.05, 0.1) is 0 Å². The van der Waals surface area contributed by atoms with Crippen LogP contribution in [-0.2, 0) is 11.2 Å². The molecule has 0 N–H and O–H groups in total. The first kappa shape index (κ1) is 16.0. The predicted molar refractivity (Wildman–Crippen MR) is 87.8 cm³/mol. The quantitative estimate of drug-likeness (QED) is 0.501. The fraction of sp³-hybridized carbons (Fsp3) is 0.143. The Morgan fingerprint density at radius 1 is 0.833 bits per heavy atom. The highest BCUT2D eigenvalue weighted by molar-refractivity contribution is 9.10. The van der Waals surface area contributed by atoms with Crippen LogP contribution in [0.15, 0.2) is 53.0 Å². The van der Waals surface area contributed by atoms with Crippen molar-refractivity contribution in [2.45, 2.75) is 11.2 Å². The smallest absolute Gasteiger partial charge is 0.0474 e. The van der Waals surface area contributed by atoms with E-state index in [1.165, 1.54) is 5.56 Å². The normalized spacial score (nSPS) is 9.56. The van der Waals surface area contributed by atoms with Crippen molar-refractivity contribution >= 4 is 55.1 Å². The third kappa shape index (κ3) is 6.24. The van der Waals surface area contributed by atoms with Crippen molar-refractivity contribution in [2.75, 3.05) is 0 Å². The topological polar surface area (TPSA) is 0 Å². The highest BCUT2D eigenvalue weighted by Gasteiger charge is 1.88. The Hall–Kier alpha value is -0.0200. The maximum absolute atomic E-state index is 5.63. The SMILES string of the molecule is BrCc1ccc(Br)cc1.ClCc1ccc(Cl)cc1. The van der Waals surface area contributed by atoms with Crippen LogP contribution in [0.25, 0.3) is 0 Å². The molecular formula is C14H12Br2Cl2. The zero-order valence-corrected chi connectivity index (χ0v) is 14.2. The Kier molecular flexibility index (Phi) is 8.00. The summed E-state index contributed by atoms with van der Waals surface area (Å²) < 4.78 is 1.13. The van der Waals surface area contributed by atoms with E-state index >= 15 is 0 Å². The third-order valence-corrected chi connectivity index (χ3v) is 3.87. The second-order valence-electron chi connectivity index (χ2n) is 3.52. The van der Waals surface area contributed by atoms with Gasteiger partial charge in [0.1, 0.15) is 0 Å². The fourth-order valence-electron chi connectivity index (χ4n) is 1.15. The van der Waals surface area contributed by atoms with Crippen LogP contribution in [0.3, 0.4) is 0 Å². The number of alkyl halides is 2. The van der Waals surface area contributed by atoms with Crippen LogP contribution in [0.1, 0.15) is 11.1 Å². The first-order valence-corrected chi connectivity index (χ1v) is 8.09. The summed E-state index contributed by atoms with van der Waals surface area (Å²) in [5.41, 5.74) is 2.40. The second-order valence-corrected chi connectivity index (χ2v) is 5.70. The summed E-state index contributed by atoms with van der Waals surface area (Å²) in [7, 11) is 0. The lowest BCUT2D eigenvalue weighted by molar-refractivity contribution is 1.40. The van der Waals surface area contributed by atoms with Crippen LogP contribution in [0.5, 0.6) is 0 Å². The minimum absolute atomic E-state index is 0.553. The van der Waals surface area contributed by atoms with E-state index in [9.17, 15) is 0 Å².